The molecule has 0 saturated carbocycles. The molecule has 1 rings (SSSR count). The van der Waals surface area contributed by atoms with Gasteiger partial charge in [0.15, 0.2) is 0 Å². The molecule has 0 aromatic carbocycles. The molecule has 0 aromatic heterocycles. The molecule has 1 heterocycles. The van der Waals surface area contributed by atoms with Gasteiger partial charge in [-0.2, -0.15) is 0 Å². The van der Waals surface area contributed by atoms with Gasteiger partial charge in [-0.1, -0.05) is 20.3 Å². The monoisotopic (exact) mass is 184 g/mol. The van der Waals surface area contributed by atoms with E-state index in [-0.39, 0.29) is 0 Å². The Morgan fingerprint density at radius 2 is 2.31 bits per heavy atom. The average Bonchev–Trinajstić information content (AvgIpc) is 2.53. The molecular weight excluding hydrogens is 160 g/mol. The summed E-state index contributed by atoms with van der Waals surface area (Å²) in [5.74, 6) is 1.77. The van der Waals surface area contributed by atoms with Gasteiger partial charge in [0.05, 0.1) is 0 Å². The van der Waals surface area contributed by atoms with E-state index in [2.05, 4.69) is 31.1 Å². The van der Waals surface area contributed by atoms with Crippen LogP contribution >= 0.6 is 0 Å². The Morgan fingerprint density at radius 1 is 1.54 bits per heavy atom. The molecule has 1 saturated heterocycles. The summed E-state index contributed by atoms with van der Waals surface area (Å²) in [6.07, 6.45) is 2.70. The number of likely N-dealkylation sites (tertiary alicyclic amines) is 1. The Kier molecular flexibility index (Phi) is 4.74. The van der Waals surface area contributed by atoms with Gasteiger partial charge >= 0.3 is 0 Å². The zero-order chi connectivity index (χ0) is 9.68. The predicted octanol–water partition coefficient (Wildman–Crippen LogP) is 1.57. The Morgan fingerprint density at radius 3 is 2.92 bits per heavy atom. The van der Waals surface area contributed by atoms with Crippen LogP contribution in [0.4, 0.5) is 0 Å². The highest BCUT2D eigenvalue weighted by Gasteiger charge is 2.22. The molecule has 1 aliphatic heterocycles. The quantitative estimate of drug-likeness (QED) is 0.698. The van der Waals surface area contributed by atoms with Gasteiger partial charge in [-0.3, -0.25) is 0 Å². The fourth-order valence-corrected chi connectivity index (χ4v) is 2.10. The van der Waals surface area contributed by atoms with Crippen LogP contribution in [0.5, 0.6) is 0 Å². The van der Waals surface area contributed by atoms with E-state index < -0.39 is 0 Å². The van der Waals surface area contributed by atoms with Crippen molar-refractivity contribution in [2.24, 2.45) is 11.8 Å². The highest BCUT2D eigenvalue weighted by molar-refractivity contribution is 4.77. The highest BCUT2D eigenvalue weighted by atomic mass is 15.1. The molecule has 1 N–H and O–H groups in total. The third-order valence-electron chi connectivity index (χ3n) is 3.13. The van der Waals surface area contributed by atoms with E-state index in [0.29, 0.717) is 0 Å². The van der Waals surface area contributed by atoms with Crippen LogP contribution in [0, 0.1) is 11.8 Å². The van der Waals surface area contributed by atoms with Gasteiger partial charge in [0, 0.05) is 13.1 Å². The van der Waals surface area contributed by atoms with Gasteiger partial charge in [0.2, 0.25) is 0 Å². The van der Waals surface area contributed by atoms with E-state index in [1.807, 2.05) is 0 Å². The lowest BCUT2D eigenvalue weighted by molar-refractivity contribution is 0.274. The van der Waals surface area contributed by atoms with Gasteiger partial charge in [-0.15, -0.1) is 0 Å². The van der Waals surface area contributed by atoms with Crippen molar-refractivity contribution in [3.8, 4) is 0 Å². The van der Waals surface area contributed by atoms with E-state index in [4.69, 9.17) is 0 Å². The summed E-state index contributed by atoms with van der Waals surface area (Å²) >= 11 is 0. The maximum absolute atomic E-state index is 3.27. The molecule has 2 heteroatoms. The van der Waals surface area contributed by atoms with E-state index in [0.717, 1.165) is 11.8 Å². The van der Waals surface area contributed by atoms with Crippen LogP contribution < -0.4 is 5.32 Å². The molecule has 0 aromatic rings. The van der Waals surface area contributed by atoms with Crippen LogP contribution in [0.2, 0.25) is 0 Å². The standard InChI is InChI=1S/C11H24N2/c1-4-10(2)8-13-6-5-11(9-13)7-12-3/h10-12H,4-9H2,1-3H3. The maximum atomic E-state index is 3.27. The second-order valence-corrected chi connectivity index (χ2v) is 4.49. The molecule has 1 aliphatic rings. The summed E-state index contributed by atoms with van der Waals surface area (Å²) in [5, 5.41) is 3.27. The number of rotatable bonds is 5. The summed E-state index contributed by atoms with van der Waals surface area (Å²) in [5.41, 5.74) is 0. The van der Waals surface area contributed by atoms with Crippen molar-refractivity contribution in [1.82, 2.24) is 10.2 Å². The van der Waals surface area contributed by atoms with Crippen LogP contribution in [-0.4, -0.2) is 38.1 Å². The number of nitrogens with zero attached hydrogens (tertiary/aromatic N) is 1. The van der Waals surface area contributed by atoms with Crippen molar-refractivity contribution in [3.05, 3.63) is 0 Å². The second-order valence-electron chi connectivity index (χ2n) is 4.49. The summed E-state index contributed by atoms with van der Waals surface area (Å²) in [6, 6.07) is 0. The molecule has 0 spiro atoms. The molecule has 2 nitrogen and oxygen atoms in total. The van der Waals surface area contributed by atoms with Crippen LogP contribution in [-0.2, 0) is 0 Å². The average molecular weight is 184 g/mol. The van der Waals surface area contributed by atoms with Crippen molar-refractivity contribution >= 4 is 0 Å². The fourth-order valence-electron chi connectivity index (χ4n) is 2.10. The van der Waals surface area contributed by atoms with Crippen LogP contribution in [0.25, 0.3) is 0 Å². The first-order valence-electron chi connectivity index (χ1n) is 5.63. The normalized spacial score (nSPS) is 26.5. The fraction of sp³-hybridized carbons (Fsp3) is 1.00. The topological polar surface area (TPSA) is 15.3 Å². The summed E-state index contributed by atoms with van der Waals surface area (Å²) < 4.78 is 0. The molecule has 1 fully saturated rings. The number of hydrogen-bond donors (Lipinski definition) is 1. The van der Waals surface area contributed by atoms with E-state index in [9.17, 15) is 0 Å². The highest BCUT2D eigenvalue weighted by Crippen LogP contribution is 2.17. The molecule has 2 unspecified atom stereocenters. The lowest BCUT2D eigenvalue weighted by Gasteiger charge is -2.19. The zero-order valence-corrected chi connectivity index (χ0v) is 9.34. The van der Waals surface area contributed by atoms with Crippen molar-refractivity contribution in [2.45, 2.75) is 26.7 Å². The van der Waals surface area contributed by atoms with E-state index in [1.54, 1.807) is 0 Å². The van der Waals surface area contributed by atoms with E-state index in [1.165, 1.54) is 39.0 Å². The first kappa shape index (κ1) is 11.0. The minimum Gasteiger partial charge on any atom is -0.319 e. The van der Waals surface area contributed by atoms with Crippen molar-refractivity contribution < 1.29 is 0 Å². The van der Waals surface area contributed by atoms with Gasteiger partial charge < -0.3 is 10.2 Å². The van der Waals surface area contributed by atoms with Crippen LogP contribution in [0.3, 0.4) is 0 Å². The Balaban J connectivity index is 2.17. The Bertz CT molecular complexity index is 136. The third kappa shape index (κ3) is 3.65. The first-order valence-corrected chi connectivity index (χ1v) is 5.63. The second kappa shape index (κ2) is 5.61. The number of hydrogen-bond acceptors (Lipinski definition) is 2. The van der Waals surface area contributed by atoms with Crippen LogP contribution in [0.1, 0.15) is 26.7 Å². The van der Waals surface area contributed by atoms with Gasteiger partial charge in [0.1, 0.15) is 0 Å². The maximum Gasteiger partial charge on any atom is 0.00224 e. The molecular formula is C11H24N2. The van der Waals surface area contributed by atoms with Gasteiger partial charge in [-0.25, -0.2) is 0 Å². The van der Waals surface area contributed by atoms with Gasteiger partial charge in [-0.05, 0) is 38.4 Å². The van der Waals surface area contributed by atoms with Crippen molar-refractivity contribution in [1.29, 1.82) is 0 Å². The molecule has 0 bridgehead atoms. The lowest BCUT2D eigenvalue weighted by Crippen LogP contribution is -2.28. The molecule has 0 amide bonds. The predicted molar refractivity (Wildman–Crippen MR) is 57.9 cm³/mol. The minimum absolute atomic E-state index is 0.869. The molecule has 78 valence electrons. The Labute approximate surface area is 82.7 Å². The lowest BCUT2D eigenvalue weighted by atomic mass is 10.1. The zero-order valence-electron chi connectivity index (χ0n) is 9.34. The van der Waals surface area contributed by atoms with Crippen LogP contribution in [0.15, 0.2) is 0 Å². The first-order chi connectivity index (χ1) is 6.26. The SMILES string of the molecule is CCC(C)CN1CCC(CNC)C1. The molecule has 0 radical (unpaired) electrons. The van der Waals surface area contributed by atoms with Crippen molar-refractivity contribution in [2.75, 3.05) is 33.2 Å². The Hall–Kier alpha value is -0.0800. The summed E-state index contributed by atoms with van der Waals surface area (Å²) in [4.78, 5) is 2.62. The number of nitrogens with one attached hydrogen (secondary N) is 1. The van der Waals surface area contributed by atoms with Crippen molar-refractivity contribution in [3.63, 3.8) is 0 Å². The molecule has 13 heavy (non-hydrogen) atoms. The summed E-state index contributed by atoms with van der Waals surface area (Å²) in [6.45, 7) is 9.76. The minimum atomic E-state index is 0.869. The largest absolute Gasteiger partial charge is 0.319 e. The summed E-state index contributed by atoms with van der Waals surface area (Å²) in [7, 11) is 2.05. The molecule has 2 atom stereocenters. The third-order valence-corrected chi connectivity index (χ3v) is 3.13. The molecule has 0 aliphatic carbocycles. The smallest absolute Gasteiger partial charge is 0.00224 e. The van der Waals surface area contributed by atoms with Gasteiger partial charge in [0.25, 0.3) is 0 Å². The van der Waals surface area contributed by atoms with E-state index >= 15 is 0 Å².